The van der Waals surface area contributed by atoms with E-state index in [4.69, 9.17) is 9.47 Å². The summed E-state index contributed by atoms with van der Waals surface area (Å²) >= 11 is 0. The molecule has 28 heavy (non-hydrogen) atoms. The summed E-state index contributed by atoms with van der Waals surface area (Å²) in [5.74, 6) is -0.840. The van der Waals surface area contributed by atoms with Crippen LogP contribution in [0.3, 0.4) is 0 Å². The Balaban J connectivity index is 1.54. The molecule has 0 amide bonds. The molecule has 4 nitrogen and oxygen atoms in total. The maximum Gasteiger partial charge on any atom is 0.331 e. The van der Waals surface area contributed by atoms with Crippen molar-refractivity contribution < 1.29 is 19.1 Å². The second-order valence-electron chi connectivity index (χ2n) is 6.72. The van der Waals surface area contributed by atoms with E-state index in [-0.39, 0.29) is 0 Å². The van der Waals surface area contributed by atoms with E-state index >= 15 is 0 Å². The van der Waals surface area contributed by atoms with E-state index in [0.29, 0.717) is 12.8 Å². The zero-order valence-corrected chi connectivity index (χ0v) is 15.7. The minimum atomic E-state index is -0.420. The van der Waals surface area contributed by atoms with E-state index in [9.17, 15) is 9.59 Å². The van der Waals surface area contributed by atoms with Crippen molar-refractivity contribution in [3.8, 4) is 0 Å². The third-order valence-corrected chi connectivity index (χ3v) is 4.60. The quantitative estimate of drug-likeness (QED) is 0.536. The monoisotopic (exact) mass is 376 g/mol. The van der Waals surface area contributed by atoms with Gasteiger partial charge in [-0.3, -0.25) is 0 Å². The van der Waals surface area contributed by atoms with Crippen molar-refractivity contribution in [3.63, 3.8) is 0 Å². The Morgan fingerprint density at radius 3 is 1.46 bits per heavy atom. The molecule has 2 aromatic carbocycles. The average molecular weight is 376 g/mol. The molecule has 2 aromatic rings. The van der Waals surface area contributed by atoms with Gasteiger partial charge in [-0.05, 0) is 49.0 Å². The summed E-state index contributed by atoms with van der Waals surface area (Å²) in [4.78, 5) is 24.3. The molecular weight excluding hydrogens is 352 g/mol. The molecular formula is C24H24O4. The molecule has 0 spiro atoms. The molecule has 4 heteroatoms. The van der Waals surface area contributed by atoms with Gasteiger partial charge in [-0.25, -0.2) is 9.59 Å². The molecule has 0 saturated heterocycles. The van der Waals surface area contributed by atoms with Gasteiger partial charge in [0.15, 0.2) is 0 Å². The predicted octanol–water partition coefficient (Wildman–Crippen LogP) is 4.81. The van der Waals surface area contributed by atoms with Crippen LogP contribution in [0.15, 0.2) is 72.8 Å². The molecule has 2 atom stereocenters. The van der Waals surface area contributed by atoms with Crippen LogP contribution < -0.4 is 0 Å². The van der Waals surface area contributed by atoms with Gasteiger partial charge < -0.3 is 9.47 Å². The molecule has 1 saturated carbocycles. The number of hydrogen-bond acceptors (Lipinski definition) is 4. The fourth-order valence-electron chi connectivity index (χ4n) is 3.17. The highest BCUT2D eigenvalue weighted by Crippen LogP contribution is 2.24. The number of carbonyl (C=O) groups excluding carboxylic acids is 2. The van der Waals surface area contributed by atoms with E-state index in [1.807, 2.05) is 60.7 Å². The lowest BCUT2D eigenvalue weighted by molar-refractivity contribution is -0.165. The van der Waals surface area contributed by atoms with Crippen LogP contribution in [-0.2, 0) is 19.1 Å². The van der Waals surface area contributed by atoms with E-state index < -0.39 is 24.1 Å². The van der Waals surface area contributed by atoms with Gasteiger partial charge in [0, 0.05) is 12.2 Å². The van der Waals surface area contributed by atoms with Crippen molar-refractivity contribution in [1.29, 1.82) is 0 Å². The topological polar surface area (TPSA) is 52.6 Å². The first-order valence-corrected chi connectivity index (χ1v) is 9.58. The van der Waals surface area contributed by atoms with Crippen LogP contribution in [-0.4, -0.2) is 24.1 Å². The van der Waals surface area contributed by atoms with Crippen LogP contribution >= 0.6 is 0 Å². The van der Waals surface area contributed by atoms with Crippen LogP contribution in [0.2, 0.25) is 0 Å². The SMILES string of the molecule is O=C(C=Cc1ccccc1)O[C@H]1CCCC[C@@H]1OC(=O)/C=C/c1ccccc1. The van der Waals surface area contributed by atoms with Gasteiger partial charge in [0.05, 0.1) is 0 Å². The summed E-state index contributed by atoms with van der Waals surface area (Å²) in [6, 6.07) is 19.1. The van der Waals surface area contributed by atoms with Crippen LogP contribution in [0.5, 0.6) is 0 Å². The molecule has 0 aromatic heterocycles. The van der Waals surface area contributed by atoms with Crippen LogP contribution in [0.25, 0.3) is 12.2 Å². The zero-order chi connectivity index (χ0) is 19.6. The first-order valence-electron chi connectivity index (χ1n) is 9.58. The summed E-state index contributed by atoms with van der Waals surface area (Å²) < 4.78 is 11.1. The lowest BCUT2D eigenvalue weighted by Crippen LogP contribution is -2.37. The van der Waals surface area contributed by atoms with E-state index in [0.717, 1.165) is 24.0 Å². The van der Waals surface area contributed by atoms with Gasteiger partial charge >= 0.3 is 11.9 Å². The molecule has 0 bridgehead atoms. The van der Waals surface area contributed by atoms with Crippen molar-refractivity contribution >= 4 is 24.1 Å². The summed E-state index contributed by atoms with van der Waals surface area (Å²) in [5, 5.41) is 0. The van der Waals surface area contributed by atoms with Crippen molar-refractivity contribution in [2.45, 2.75) is 37.9 Å². The third kappa shape index (κ3) is 6.23. The van der Waals surface area contributed by atoms with Gasteiger partial charge in [-0.1, -0.05) is 60.7 Å². The molecule has 0 aliphatic heterocycles. The van der Waals surface area contributed by atoms with E-state index in [1.165, 1.54) is 12.2 Å². The van der Waals surface area contributed by atoms with Gasteiger partial charge in [0.25, 0.3) is 0 Å². The fraction of sp³-hybridized carbons (Fsp3) is 0.250. The number of esters is 2. The van der Waals surface area contributed by atoms with Crippen LogP contribution in [0, 0.1) is 0 Å². The molecule has 0 heterocycles. The number of hydrogen-bond donors (Lipinski definition) is 0. The smallest absolute Gasteiger partial charge is 0.331 e. The molecule has 3 rings (SSSR count). The Morgan fingerprint density at radius 1 is 0.679 bits per heavy atom. The maximum atomic E-state index is 12.2. The lowest BCUT2D eigenvalue weighted by atomic mass is 9.94. The Kier molecular flexibility index (Phi) is 7.19. The third-order valence-electron chi connectivity index (χ3n) is 4.60. The summed E-state index contributed by atoms with van der Waals surface area (Å²) in [7, 11) is 0. The molecule has 1 fully saturated rings. The highest BCUT2D eigenvalue weighted by Gasteiger charge is 2.30. The molecule has 0 unspecified atom stereocenters. The van der Waals surface area contributed by atoms with Gasteiger partial charge in [0.1, 0.15) is 12.2 Å². The largest absolute Gasteiger partial charge is 0.455 e. The Hall–Kier alpha value is -3.14. The molecule has 0 N–H and O–H groups in total. The van der Waals surface area contributed by atoms with E-state index in [1.54, 1.807) is 12.2 Å². The summed E-state index contributed by atoms with van der Waals surface area (Å²) in [5.41, 5.74) is 1.86. The second kappa shape index (κ2) is 10.3. The zero-order valence-electron chi connectivity index (χ0n) is 15.7. The highest BCUT2D eigenvalue weighted by molar-refractivity contribution is 5.88. The number of ether oxygens (including phenoxy) is 2. The number of benzene rings is 2. The first kappa shape index (κ1) is 19.6. The standard InChI is InChI=1S/C24H24O4/c25-23(17-15-19-9-3-1-4-10-19)27-21-13-7-8-14-22(21)28-24(26)18-16-20-11-5-2-6-12-20/h1-6,9-12,15-18,21-22H,7-8,13-14H2/b17-15+,18-16?/t21-,22-/m0/s1. The van der Waals surface area contributed by atoms with Crippen molar-refractivity contribution in [2.75, 3.05) is 0 Å². The van der Waals surface area contributed by atoms with Crippen molar-refractivity contribution in [3.05, 3.63) is 83.9 Å². The lowest BCUT2D eigenvalue weighted by Gasteiger charge is -2.30. The first-order chi connectivity index (χ1) is 13.7. The average Bonchev–Trinajstić information content (AvgIpc) is 2.74. The summed E-state index contributed by atoms with van der Waals surface area (Å²) in [6.07, 6.45) is 8.75. The Morgan fingerprint density at radius 2 is 1.07 bits per heavy atom. The molecule has 144 valence electrons. The predicted molar refractivity (Wildman–Crippen MR) is 109 cm³/mol. The molecule has 1 aliphatic rings. The highest BCUT2D eigenvalue weighted by atomic mass is 16.6. The van der Waals surface area contributed by atoms with Gasteiger partial charge in [-0.2, -0.15) is 0 Å². The van der Waals surface area contributed by atoms with E-state index in [2.05, 4.69) is 0 Å². The van der Waals surface area contributed by atoms with Crippen LogP contribution in [0.4, 0.5) is 0 Å². The Labute approximate surface area is 165 Å². The van der Waals surface area contributed by atoms with Gasteiger partial charge in [-0.15, -0.1) is 0 Å². The van der Waals surface area contributed by atoms with Gasteiger partial charge in [0.2, 0.25) is 0 Å². The normalized spacial score (nSPS) is 19.6. The van der Waals surface area contributed by atoms with Crippen LogP contribution in [0.1, 0.15) is 36.8 Å². The van der Waals surface area contributed by atoms with Crippen molar-refractivity contribution in [1.82, 2.24) is 0 Å². The second-order valence-corrected chi connectivity index (χ2v) is 6.72. The minimum absolute atomic E-state index is 0.407. The molecule has 0 radical (unpaired) electrons. The fourth-order valence-corrected chi connectivity index (χ4v) is 3.17. The maximum absolute atomic E-state index is 12.2. The minimum Gasteiger partial charge on any atom is -0.455 e. The molecule has 1 aliphatic carbocycles. The Bertz CT molecular complexity index is 753. The number of carbonyl (C=O) groups is 2. The van der Waals surface area contributed by atoms with Crippen molar-refractivity contribution in [2.24, 2.45) is 0 Å². The number of rotatable bonds is 6. The summed E-state index contributed by atoms with van der Waals surface area (Å²) in [6.45, 7) is 0.